The molecular weight excluding hydrogens is 783 g/mol. The first-order valence-corrected chi connectivity index (χ1v) is 23.0. The number of nitrogens with one attached hydrogen (secondary N) is 4. The molecule has 9 N–H and O–H groups in total. The highest BCUT2D eigenvalue weighted by Crippen LogP contribution is 2.25. The summed E-state index contributed by atoms with van der Waals surface area (Å²) in [6.07, 6.45) is 15.1. The number of nitrogen functional groups attached to an aromatic ring is 1. The van der Waals surface area contributed by atoms with Gasteiger partial charge in [-0.25, -0.2) is 14.6 Å². The molecule has 0 bridgehead atoms. The first kappa shape index (κ1) is 49.4. The fraction of sp³-hybridized carbons (Fsp3) is 0.562. The van der Waals surface area contributed by atoms with Gasteiger partial charge in [0.25, 0.3) is 11.8 Å². The molecular formula is C48H73N9O5. The van der Waals surface area contributed by atoms with Crippen LogP contribution in [0.15, 0.2) is 60.7 Å². The lowest BCUT2D eigenvalue weighted by molar-refractivity contribution is -0.136. The SMILES string of the molecule is CCCCCc1cc2c(CCCCCN(Cc3ccc(NC[C@H](CCCNC(N)=O)NC[C@@H](NCCCCCCN4C(=O)C=CC4=O)C(C)C)cc3)C(=O)O)cccc2nc1N. The molecule has 5 amide bonds. The largest absolute Gasteiger partial charge is 0.465 e. The summed E-state index contributed by atoms with van der Waals surface area (Å²) in [4.78, 5) is 54.5. The van der Waals surface area contributed by atoms with Crippen LogP contribution in [0.1, 0.15) is 115 Å². The van der Waals surface area contributed by atoms with Crippen molar-refractivity contribution < 1.29 is 24.3 Å². The van der Waals surface area contributed by atoms with Crippen molar-refractivity contribution in [1.82, 2.24) is 30.7 Å². The number of urea groups is 1. The van der Waals surface area contributed by atoms with Gasteiger partial charge in [0, 0.05) is 74.6 Å². The van der Waals surface area contributed by atoms with E-state index in [-0.39, 0.29) is 23.9 Å². The van der Waals surface area contributed by atoms with Gasteiger partial charge in [0.2, 0.25) is 0 Å². The number of nitrogens with zero attached hydrogens (tertiary/aromatic N) is 3. The van der Waals surface area contributed by atoms with Crippen LogP contribution in [0.4, 0.5) is 21.1 Å². The number of imide groups is 1. The van der Waals surface area contributed by atoms with Gasteiger partial charge >= 0.3 is 12.1 Å². The summed E-state index contributed by atoms with van der Waals surface area (Å²) in [5.41, 5.74) is 16.8. The molecule has 14 nitrogen and oxygen atoms in total. The van der Waals surface area contributed by atoms with Crippen LogP contribution in [0.2, 0.25) is 0 Å². The molecule has 0 saturated carbocycles. The zero-order valence-electron chi connectivity index (χ0n) is 37.4. The van der Waals surface area contributed by atoms with Crippen molar-refractivity contribution in [2.24, 2.45) is 11.7 Å². The normalized spacial score (nSPS) is 13.6. The van der Waals surface area contributed by atoms with Gasteiger partial charge < -0.3 is 42.7 Å². The van der Waals surface area contributed by atoms with Crippen molar-refractivity contribution >= 4 is 46.3 Å². The molecule has 0 radical (unpaired) electrons. The Kier molecular flexibility index (Phi) is 21.5. The smallest absolute Gasteiger partial charge is 0.407 e. The van der Waals surface area contributed by atoms with Gasteiger partial charge in [0.05, 0.1) is 5.52 Å². The first-order valence-electron chi connectivity index (χ1n) is 23.0. The topological polar surface area (TPSA) is 208 Å². The van der Waals surface area contributed by atoms with Crippen molar-refractivity contribution in [3.05, 3.63) is 77.4 Å². The molecule has 0 aliphatic carbocycles. The molecule has 62 heavy (non-hydrogen) atoms. The van der Waals surface area contributed by atoms with Gasteiger partial charge in [-0.3, -0.25) is 14.5 Å². The summed E-state index contributed by atoms with van der Waals surface area (Å²) in [7, 11) is 0. The fourth-order valence-corrected chi connectivity index (χ4v) is 7.88. The highest BCUT2D eigenvalue weighted by Gasteiger charge is 2.22. The number of primary amides is 1. The minimum atomic E-state index is -0.919. The number of carbonyl (C=O) groups is 4. The Morgan fingerprint density at radius 3 is 2.24 bits per heavy atom. The number of rotatable bonds is 31. The molecule has 14 heteroatoms. The van der Waals surface area contributed by atoms with Crippen LogP contribution in [-0.4, -0.2) is 95.2 Å². The van der Waals surface area contributed by atoms with Gasteiger partial charge in [0.15, 0.2) is 0 Å². The van der Waals surface area contributed by atoms with E-state index in [1.54, 1.807) is 0 Å². The Balaban J connectivity index is 1.20. The van der Waals surface area contributed by atoms with Crippen molar-refractivity contribution in [2.45, 2.75) is 129 Å². The molecule has 3 aromatic rings. The quantitative estimate of drug-likeness (QED) is 0.0253. The zero-order chi connectivity index (χ0) is 44.7. The maximum absolute atomic E-state index is 12.2. The molecule has 0 unspecified atom stereocenters. The van der Waals surface area contributed by atoms with Crippen LogP contribution >= 0.6 is 0 Å². The number of anilines is 2. The number of pyridine rings is 1. The number of unbranched alkanes of at least 4 members (excludes halogenated alkanes) is 7. The predicted octanol–water partition coefficient (Wildman–Crippen LogP) is 7.36. The lowest BCUT2D eigenvalue weighted by Crippen LogP contribution is -2.47. The van der Waals surface area contributed by atoms with Crippen molar-refractivity contribution in [3.8, 4) is 0 Å². The van der Waals surface area contributed by atoms with Gasteiger partial charge in [-0.15, -0.1) is 0 Å². The Morgan fingerprint density at radius 1 is 0.823 bits per heavy atom. The van der Waals surface area contributed by atoms with E-state index in [0.717, 1.165) is 119 Å². The number of aryl methyl sites for hydroxylation is 2. The van der Waals surface area contributed by atoms with E-state index < -0.39 is 12.1 Å². The third-order valence-electron chi connectivity index (χ3n) is 11.7. The third kappa shape index (κ3) is 17.3. The average molecular weight is 856 g/mol. The summed E-state index contributed by atoms with van der Waals surface area (Å²) in [6.45, 7) is 10.7. The molecule has 2 aromatic carbocycles. The number of fused-ring (bicyclic) bond motifs is 1. The lowest BCUT2D eigenvalue weighted by Gasteiger charge is -2.27. The number of carboxylic acid groups (broad SMARTS) is 1. The summed E-state index contributed by atoms with van der Waals surface area (Å²) in [5.74, 6) is 0.594. The van der Waals surface area contributed by atoms with Crippen molar-refractivity contribution in [3.63, 3.8) is 0 Å². The van der Waals surface area contributed by atoms with Crippen LogP contribution < -0.4 is 32.7 Å². The predicted molar refractivity (Wildman–Crippen MR) is 250 cm³/mol. The molecule has 0 saturated heterocycles. The minimum absolute atomic E-state index is 0.129. The van der Waals surface area contributed by atoms with Crippen LogP contribution in [0.3, 0.4) is 0 Å². The summed E-state index contributed by atoms with van der Waals surface area (Å²) in [6, 6.07) is 16.3. The van der Waals surface area contributed by atoms with Gasteiger partial charge in [-0.05, 0) is 111 Å². The first-order chi connectivity index (χ1) is 29.9. The van der Waals surface area contributed by atoms with Crippen LogP contribution in [0.25, 0.3) is 10.9 Å². The molecule has 4 rings (SSSR count). The average Bonchev–Trinajstić information content (AvgIpc) is 3.57. The second kappa shape index (κ2) is 27.0. The van der Waals surface area contributed by atoms with E-state index in [4.69, 9.17) is 16.5 Å². The number of nitrogens with two attached hydrogens (primary N) is 2. The van der Waals surface area contributed by atoms with E-state index in [1.165, 1.54) is 39.3 Å². The maximum Gasteiger partial charge on any atom is 0.407 e. The number of benzene rings is 2. The summed E-state index contributed by atoms with van der Waals surface area (Å²) >= 11 is 0. The molecule has 340 valence electrons. The molecule has 2 heterocycles. The highest BCUT2D eigenvalue weighted by molar-refractivity contribution is 6.12. The second-order valence-corrected chi connectivity index (χ2v) is 17.0. The number of carbonyl (C=O) groups excluding carboxylic acids is 3. The van der Waals surface area contributed by atoms with Crippen molar-refractivity contribution in [2.75, 3.05) is 50.3 Å². The molecule has 1 aromatic heterocycles. The Bertz CT molecular complexity index is 1870. The third-order valence-corrected chi connectivity index (χ3v) is 11.7. The van der Waals surface area contributed by atoms with Crippen LogP contribution in [-0.2, 0) is 29.0 Å². The number of amides is 5. The zero-order valence-corrected chi connectivity index (χ0v) is 37.4. The van der Waals surface area contributed by atoms with E-state index >= 15 is 0 Å². The summed E-state index contributed by atoms with van der Waals surface area (Å²) in [5, 5.41) is 24.9. The Hall–Kier alpha value is -5.21. The number of hydrogen-bond donors (Lipinski definition) is 7. The lowest BCUT2D eigenvalue weighted by atomic mass is 9.99. The van der Waals surface area contributed by atoms with Crippen LogP contribution in [0, 0.1) is 5.92 Å². The number of hydrogen-bond acceptors (Lipinski definition) is 9. The molecule has 2 atom stereocenters. The molecule has 1 aliphatic heterocycles. The Morgan fingerprint density at radius 2 is 1.53 bits per heavy atom. The molecule has 1 aliphatic rings. The van der Waals surface area contributed by atoms with E-state index in [2.05, 4.69) is 54.2 Å². The minimum Gasteiger partial charge on any atom is -0.465 e. The van der Waals surface area contributed by atoms with Gasteiger partial charge in [-0.1, -0.05) is 77.1 Å². The standard InChI is InChI=1S/C48H73N9O5/c1-4-5-9-17-38-31-41-37(18-14-20-42(41)55-46(38)49)16-10-8-12-29-56(48(61)62)34-36-21-23-39(24-22-36)53-32-40(19-15-28-52-47(50)60)54-33-43(35(2)3)51-27-11-6-7-13-30-57-44(58)25-26-45(57)59/h14,18,20-26,31,35,40,43,51,53-54H,4-13,15-17,19,27-30,32-34H2,1-3H3,(H2,49,55)(H,61,62)(H3,50,52,60)/t40-,43+/m0/s1. The Labute approximate surface area is 369 Å². The second-order valence-electron chi connectivity index (χ2n) is 17.0. The molecule has 0 fully saturated rings. The number of aromatic nitrogens is 1. The van der Waals surface area contributed by atoms with Gasteiger partial charge in [-0.2, -0.15) is 0 Å². The van der Waals surface area contributed by atoms with Crippen LogP contribution in [0.5, 0.6) is 0 Å². The maximum atomic E-state index is 12.2. The molecule has 0 spiro atoms. The fourth-order valence-electron chi connectivity index (χ4n) is 7.88. The summed E-state index contributed by atoms with van der Waals surface area (Å²) < 4.78 is 0. The highest BCUT2D eigenvalue weighted by atomic mass is 16.4. The monoisotopic (exact) mass is 856 g/mol. The van der Waals surface area contributed by atoms with Crippen molar-refractivity contribution in [1.29, 1.82) is 0 Å². The van der Waals surface area contributed by atoms with E-state index in [0.29, 0.717) is 44.5 Å². The van der Waals surface area contributed by atoms with E-state index in [9.17, 15) is 24.3 Å². The van der Waals surface area contributed by atoms with Gasteiger partial charge in [0.1, 0.15) is 5.82 Å². The van der Waals surface area contributed by atoms with E-state index in [1.807, 2.05) is 36.4 Å².